The standard InChI is InChI=1S/C12H17N3O2S/c1-2-3-5-15-8-9(7-10(15)16)11(17)14-12-13-4-6-18-12/h4,6,9H,2-3,5,7-8H2,1H3,(H,13,14,17)/t9-/m1/s1. The van der Waals surface area contributed by atoms with Gasteiger partial charge >= 0.3 is 0 Å². The molecule has 18 heavy (non-hydrogen) atoms. The largest absolute Gasteiger partial charge is 0.342 e. The number of anilines is 1. The molecule has 6 heteroatoms. The fourth-order valence-electron chi connectivity index (χ4n) is 2.01. The van der Waals surface area contributed by atoms with Gasteiger partial charge < -0.3 is 10.2 Å². The van der Waals surface area contributed by atoms with Crippen molar-refractivity contribution in [3.8, 4) is 0 Å². The van der Waals surface area contributed by atoms with Crippen molar-refractivity contribution in [2.45, 2.75) is 26.2 Å². The molecule has 1 aliphatic rings. The summed E-state index contributed by atoms with van der Waals surface area (Å²) >= 11 is 1.38. The first-order valence-corrected chi connectivity index (χ1v) is 7.06. The van der Waals surface area contributed by atoms with Crippen LogP contribution < -0.4 is 5.32 Å². The van der Waals surface area contributed by atoms with E-state index in [1.54, 1.807) is 11.1 Å². The average Bonchev–Trinajstić information content (AvgIpc) is 2.96. The summed E-state index contributed by atoms with van der Waals surface area (Å²) in [5, 5.41) is 5.16. The monoisotopic (exact) mass is 267 g/mol. The Morgan fingerprint density at radius 2 is 2.50 bits per heavy atom. The van der Waals surface area contributed by atoms with Gasteiger partial charge in [-0.3, -0.25) is 9.59 Å². The third kappa shape index (κ3) is 3.07. The molecule has 1 aromatic heterocycles. The van der Waals surface area contributed by atoms with E-state index in [1.165, 1.54) is 11.3 Å². The summed E-state index contributed by atoms with van der Waals surface area (Å²) in [5.41, 5.74) is 0. The Kier molecular flexibility index (Phi) is 4.30. The van der Waals surface area contributed by atoms with Crippen molar-refractivity contribution in [3.63, 3.8) is 0 Å². The first-order valence-electron chi connectivity index (χ1n) is 6.19. The van der Waals surface area contributed by atoms with E-state index >= 15 is 0 Å². The van der Waals surface area contributed by atoms with Crippen molar-refractivity contribution in [1.82, 2.24) is 9.88 Å². The predicted octanol–water partition coefficient (Wildman–Crippen LogP) is 1.73. The van der Waals surface area contributed by atoms with E-state index in [0.717, 1.165) is 19.4 Å². The number of amides is 2. The third-order valence-electron chi connectivity index (χ3n) is 3.03. The minimum atomic E-state index is -0.238. The molecule has 0 spiro atoms. The zero-order valence-corrected chi connectivity index (χ0v) is 11.2. The molecule has 1 saturated heterocycles. The molecule has 2 heterocycles. The Balaban J connectivity index is 1.87. The van der Waals surface area contributed by atoms with E-state index in [-0.39, 0.29) is 17.7 Å². The lowest BCUT2D eigenvalue weighted by Gasteiger charge is -2.15. The van der Waals surface area contributed by atoms with Gasteiger partial charge in [-0.1, -0.05) is 13.3 Å². The van der Waals surface area contributed by atoms with Crippen molar-refractivity contribution in [3.05, 3.63) is 11.6 Å². The molecule has 98 valence electrons. The highest BCUT2D eigenvalue weighted by molar-refractivity contribution is 7.13. The Morgan fingerprint density at radius 1 is 1.67 bits per heavy atom. The van der Waals surface area contributed by atoms with E-state index in [0.29, 0.717) is 18.1 Å². The highest BCUT2D eigenvalue weighted by Crippen LogP contribution is 2.21. The van der Waals surface area contributed by atoms with Crippen LogP contribution in [0, 0.1) is 5.92 Å². The van der Waals surface area contributed by atoms with E-state index in [4.69, 9.17) is 0 Å². The van der Waals surface area contributed by atoms with Gasteiger partial charge in [-0.05, 0) is 6.42 Å². The number of unbranched alkanes of at least 4 members (excludes halogenated alkanes) is 1. The molecule has 1 fully saturated rings. The van der Waals surface area contributed by atoms with Crippen molar-refractivity contribution < 1.29 is 9.59 Å². The molecule has 0 aromatic carbocycles. The van der Waals surface area contributed by atoms with Crippen LogP contribution in [-0.2, 0) is 9.59 Å². The number of carbonyl (C=O) groups is 2. The second-order valence-electron chi connectivity index (χ2n) is 4.42. The number of rotatable bonds is 5. The van der Waals surface area contributed by atoms with Gasteiger partial charge in [0.2, 0.25) is 11.8 Å². The summed E-state index contributed by atoms with van der Waals surface area (Å²) in [5.74, 6) is -0.252. The van der Waals surface area contributed by atoms with Crippen LogP contribution in [0.1, 0.15) is 26.2 Å². The minimum absolute atomic E-state index is 0.0859. The lowest BCUT2D eigenvalue weighted by Crippen LogP contribution is -2.29. The number of hydrogen-bond acceptors (Lipinski definition) is 4. The highest BCUT2D eigenvalue weighted by atomic mass is 32.1. The van der Waals surface area contributed by atoms with Gasteiger partial charge in [0.25, 0.3) is 0 Å². The third-order valence-corrected chi connectivity index (χ3v) is 3.72. The number of aromatic nitrogens is 1. The Labute approximate surface area is 110 Å². The maximum Gasteiger partial charge on any atom is 0.231 e. The van der Waals surface area contributed by atoms with Crippen molar-refractivity contribution in [2.24, 2.45) is 5.92 Å². The van der Waals surface area contributed by atoms with Crippen LogP contribution in [0.5, 0.6) is 0 Å². The fourth-order valence-corrected chi connectivity index (χ4v) is 2.54. The summed E-state index contributed by atoms with van der Waals surface area (Å²) in [6, 6.07) is 0. The molecule has 5 nitrogen and oxygen atoms in total. The maximum absolute atomic E-state index is 12.0. The fraction of sp³-hybridized carbons (Fsp3) is 0.583. The van der Waals surface area contributed by atoms with Crippen molar-refractivity contribution in [2.75, 3.05) is 18.4 Å². The Hall–Kier alpha value is -1.43. The summed E-state index contributed by atoms with van der Waals surface area (Å²) in [4.78, 5) is 29.5. The highest BCUT2D eigenvalue weighted by Gasteiger charge is 2.33. The number of nitrogens with one attached hydrogen (secondary N) is 1. The molecule has 0 aliphatic carbocycles. The van der Waals surface area contributed by atoms with Crippen LogP contribution in [0.3, 0.4) is 0 Å². The molecular formula is C12H17N3O2S. The van der Waals surface area contributed by atoms with E-state index in [1.807, 2.05) is 5.38 Å². The zero-order chi connectivity index (χ0) is 13.0. The van der Waals surface area contributed by atoms with E-state index in [2.05, 4.69) is 17.2 Å². The van der Waals surface area contributed by atoms with Gasteiger partial charge in [-0.15, -0.1) is 11.3 Å². The quantitative estimate of drug-likeness (QED) is 0.883. The normalized spacial score (nSPS) is 19.3. The number of thiazole rings is 1. The number of nitrogens with zero attached hydrogens (tertiary/aromatic N) is 2. The molecule has 2 amide bonds. The molecule has 0 bridgehead atoms. The first-order chi connectivity index (χ1) is 8.70. The summed E-state index contributed by atoms with van der Waals surface area (Å²) < 4.78 is 0. The number of carbonyl (C=O) groups excluding carboxylic acids is 2. The van der Waals surface area contributed by atoms with Gasteiger partial charge in [0, 0.05) is 31.1 Å². The van der Waals surface area contributed by atoms with Gasteiger partial charge in [0.15, 0.2) is 5.13 Å². The molecule has 1 aliphatic heterocycles. The second kappa shape index (κ2) is 5.95. The van der Waals surface area contributed by atoms with Crippen molar-refractivity contribution >= 4 is 28.3 Å². The second-order valence-corrected chi connectivity index (χ2v) is 5.32. The zero-order valence-electron chi connectivity index (χ0n) is 10.4. The molecule has 0 radical (unpaired) electrons. The lowest BCUT2D eigenvalue weighted by molar-refractivity contribution is -0.128. The van der Waals surface area contributed by atoms with E-state index < -0.39 is 0 Å². The Bertz CT molecular complexity index is 419. The average molecular weight is 267 g/mol. The van der Waals surface area contributed by atoms with Crippen LogP contribution in [0.2, 0.25) is 0 Å². The SMILES string of the molecule is CCCCN1C[C@H](C(=O)Nc2nccs2)CC1=O. The van der Waals surface area contributed by atoms with Crippen LogP contribution in [0.4, 0.5) is 5.13 Å². The number of likely N-dealkylation sites (tertiary alicyclic amines) is 1. The minimum Gasteiger partial charge on any atom is -0.342 e. The maximum atomic E-state index is 12.0. The summed E-state index contributed by atoms with van der Waals surface area (Å²) in [7, 11) is 0. The molecule has 2 rings (SSSR count). The van der Waals surface area contributed by atoms with Crippen LogP contribution in [0.25, 0.3) is 0 Å². The molecule has 0 unspecified atom stereocenters. The lowest BCUT2D eigenvalue weighted by atomic mass is 10.1. The molecule has 1 atom stereocenters. The van der Waals surface area contributed by atoms with Crippen molar-refractivity contribution in [1.29, 1.82) is 0 Å². The van der Waals surface area contributed by atoms with Gasteiger partial charge in [0.05, 0.1) is 5.92 Å². The molecule has 1 N–H and O–H groups in total. The van der Waals surface area contributed by atoms with Gasteiger partial charge in [-0.2, -0.15) is 0 Å². The van der Waals surface area contributed by atoms with Gasteiger partial charge in [-0.25, -0.2) is 4.98 Å². The van der Waals surface area contributed by atoms with Gasteiger partial charge in [0.1, 0.15) is 0 Å². The van der Waals surface area contributed by atoms with Crippen LogP contribution in [-0.4, -0.2) is 34.8 Å². The predicted molar refractivity (Wildman–Crippen MR) is 70.3 cm³/mol. The Morgan fingerprint density at radius 3 is 3.17 bits per heavy atom. The summed E-state index contributed by atoms with van der Waals surface area (Å²) in [6.45, 7) is 3.39. The molecular weight excluding hydrogens is 250 g/mol. The number of hydrogen-bond donors (Lipinski definition) is 1. The van der Waals surface area contributed by atoms with Crippen LogP contribution >= 0.6 is 11.3 Å². The molecule has 1 aromatic rings. The smallest absolute Gasteiger partial charge is 0.231 e. The topological polar surface area (TPSA) is 62.3 Å². The van der Waals surface area contributed by atoms with E-state index in [9.17, 15) is 9.59 Å². The first kappa shape index (κ1) is 13.0. The summed E-state index contributed by atoms with van der Waals surface area (Å²) in [6.07, 6.45) is 4.01. The molecule has 0 saturated carbocycles. The van der Waals surface area contributed by atoms with Crippen LogP contribution in [0.15, 0.2) is 11.6 Å².